The maximum atomic E-state index is 12.5. The van der Waals surface area contributed by atoms with Crippen molar-refractivity contribution in [3.05, 3.63) is 58.0 Å². The van der Waals surface area contributed by atoms with Gasteiger partial charge in [0.2, 0.25) is 0 Å². The van der Waals surface area contributed by atoms with Gasteiger partial charge in [-0.25, -0.2) is 4.79 Å². The zero-order valence-electron chi connectivity index (χ0n) is 13.9. The van der Waals surface area contributed by atoms with E-state index in [4.69, 9.17) is 5.73 Å². The number of halogens is 3. The first-order valence-corrected chi connectivity index (χ1v) is 8.06. The molecular weight excluding hydrogens is 383 g/mol. The lowest BCUT2D eigenvalue weighted by Crippen LogP contribution is -2.25. The average molecular weight is 397 g/mol. The minimum Gasteiger partial charge on any atom is -0.406 e. The highest BCUT2D eigenvalue weighted by atomic mass is 32.1. The van der Waals surface area contributed by atoms with Crippen molar-refractivity contribution in [1.29, 1.82) is 0 Å². The van der Waals surface area contributed by atoms with Crippen molar-refractivity contribution >= 4 is 18.3 Å². The number of thiol groups is 1. The van der Waals surface area contributed by atoms with Crippen molar-refractivity contribution in [2.45, 2.75) is 24.7 Å². The minimum atomic E-state index is -4.82. The number of aromatic nitrogens is 4. The topological polar surface area (TPSA) is 88.0 Å². The molecule has 0 fully saturated rings. The number of nitrogen functional groups attached to an aromatic ring is 1. The molecule has 0 saturated heterocycles. The molecule has 11 heteroatoms. The molecule has 0 bridgehead atoms. The van der Waals surface area contributed by atoms with Gasteiger partial charge in [-0.15, -0.1) is 25.8 Å². The quantitative estimate of drug-likeness (QED) is 0.522. The van der Waals surface area contributed by atoms with Crippen molar-refractivity contribution in [2.24, 2.45) is 0 Å². The van der Waals surface area contributed by atoms with E-state index in [-0.39, 0.29) is 17.1 Å². The van der Waals surface area contributed by atoms with Crippen molar-refractivity contribution in [2.75, 3.05) is 5.73 Å². The molecule has 1 aromatic heterocycles. The molecule has 0 aliphatic rings. The van der Waals surface area contributed by atoms with Crippen LogP contribution in [0.3, 0.4) is 0 Å². The van der Waals surface area contributed by atoms with Crippen LogP contribution in [-0.2, 0) is 6.54 Å². The fourth-order valence-electron chi connectivity index (χ4n) is 2.41. The van der Waals surface area contributed by atoms with E-state index in [0.717, 1.165) is 32.6 Å². The number of alkyl halides is 3. The largest absolute Gasteiger partial charge is 0.573 e. The lowest BCUT2D eigenvalue weighted by molar-refractivity contribution is -0.274. The smallest absolute Gasteiger partial charge is 0.406 e. The maximum Gasteiger partial charge on any atom is 0.573 e. The average Bonchev–Trinajstić information content (AvgIpc) is 2.91. The van der Waals surface area contributed by atoms with Crippen molar-refractivity contribution < 1.29 is 17.9 Å². The fourth-order valence-corrected chi connectivity index (χ4v) is 2.71. The predicted molar refractivity (Wildman–Crippen MR) is 94.2 cm³/mol. The van der Waals surface area contributed by atoms with Crippen LogP contribution in [0.1, 0.15) is 11.1 Å². The maximum absolute atomic E-state index is 12.5. The Labute approximate surface area is 156 Å². The van der Waals surface area contributed by atoms with Crippen LogP contribution in [0.5, 0.6) is 5.75 Å². The van der Waals surface area contributed by atoms with Gasteiger partial charge in [0.25, 0.3) is 0 Å². The van der Waals surface area contributed by atoms with Gasteiger partial charge in [-0.2, -0.15) is 9.36 Å². The van der Waals surface area contributed by atoms with Crippen molar-refractivity contribution in [1.82, 2.24) is 19.8 Å². The van der Waals surface area contributed by atoms with Gasteiger partial charge < -0.3 is 10.5 Å². The van der Waals surface area contributed by atoms with Crippen LogP contribution in [0.2, 0.25) is 0 Å². The number of hydrogen-bond acceptors (Lipinski definition) is 6. The van der Waals surface area contributed by atoms with E-state index in [1.807, 2.05) is 13.0 Å². The van der Waals surface area contributed by atoms with Crippen LogP contribution in [0.15, 0.2) is 46.1 Å². The van der Waals surface area contributed by atoms with Crippen LogP contribution in [0.25, 0.3) is 5.69 Å². The second kappa shape index (κ2) is 6.99. The van der Waals surface area contributed by atoms with E-state index in [2.05, 4.69) is 27.8 Å². The Bertz CT molecular complexity index is 1050. The third-order valence-electron chi connectivity index (χ3n) is 3.71. The summed E-state index contributed by atoms with van der Waals surface area (Å²) in [6.07, 6.45) is -4.82. The van der Waals surface area contributed by atoms with E-state index in [9.17, 15) is 18.0 Å². The zero-order chi connectivity index (χ0) is 19.8. The van der Waals surface area contributed by atoms with Crippen molar-refractivity contribution in [3.8, 4) is 11.4 Å². The molecule has 0 aliphatic carbocycles. The molecule has 7 nitrogen and oxygen atoms in total. The highest BCUT2D eigenvalue weighted by molar-refractivity contribution is 7.80. The summed E-state index contributed by atoms with van der Waals surface area (Å²) in [7, 11) is 0. The number of ether oxygens (including phenoxy) is 1. The lowest BCUT2D eigenvalue weighted by atomic mass is 10.1. The summed E-state index contributed by atoms with van der Waals surface area (Å²) in [6.45, 7) is 2.01. The van der Waals surface area contributed by atoms with E-state index in [1.165, 1.54) is 6.07 Å². The highest BCUT2D eigenvalue weighted by Crippen LogP contribution is 2.27. The lowest BCUT2D eigenvalue weighted by Gasteiger charge is -2.10. The predicted octanol–water partition coefficient (Wildman–Crippen LogP) is 2.56. The number of hydrogen-bond donors (Lipinski definition) is 2. The van der Waals surface area contributed by atoms with Crippen LogP contribution in [-0.4, -0.2) is 26.2 Å². The second-order valence-corrected chi connectivity index (χ2v) is 6.20. The van der Waals surface area contributed by atoms with E-state index in [0.29, 0.717) is 5.69 Å². The van der Waals surface area contributed by atoms with Gasteiger partial charge in [0, 0.05) is 10.6 Å². The number of aryl methyl sites for hydroxylation is 1. The Morgan fingerprint density at radius 3 is 2.56 bits per heavy atom. The number of rotatable bonds is 4. The number of nitrogens with zero attached hydrogens (tertiary/aromatic N) is 4. The Kier molecular flexibility index (Phi) is 4.87. The summed E-state index contributed by atoms with van der Waals surface area (Å²) in [5.41, 5.74) is 7.69. The van der Waals surface area contributed by atoms with Gasteiger partial charge in [-0.05, 0) is 52.7 Å². The summed E-state index contributed by atoms with van der Waals surface area (Å²) in [5, 5.41) is 7.57. The molecule has 142 valence electrons. The third kappa shape index (κ3) is 4.25. The van der Waals surface area contributed by atoms with Gasteiger partial charge in [-0.3, -0.25) is 0 Å². The fraction of sp³-hybridized carbons (Fsp3) is 0.188. The standard InChI is InChI=1S/C16H14F3N5O2S/c1-9-6-10(2-4-12(9)20)8-23-15(25)24(22-21-23)13-5-3-11(7-14(13)27)26-16(17,18)19/h2-7,27H,8,20H2,1H3. The number of anilines is 1. The molecule has 0 atom stereocenters. The first-order chi connectivity index (χ1) is 12.6. The van der Waals surface area contributed by atoms with Gasteiger partial charge in [0.05, 0.1) is 12.2 Å². The Morgan fingerprint density at radius 1 is 1.19 bits per heavy atom. The summed E-state index contributed by atoms with van der Waals surface area (Å²) in [6, 6.07) is 8.68. The van der Waals surface area contributed by atoms with Crippen LogP contribution in [0.4, 0.5) is 18.9 Å². The molecule has 2 aromatic carbocycles. The van der Waals surface area contributed by atoms with Crippen LogP contribution >= 0.6 is 12.6 Å². The van der Waals surface area contributed by atoms with Gasteiger partial charge in [-0.1, -0.05) is 12.1 Å². The Morgan fingerprint density at radius 2 is 1.93 bits per heavy atom. The molecule has 27 heavy (non-hydrogen) atoms. The molecule has 0 spiro atoms. The van der Waals surface area contributed by atoms with Crippen LogP contribution < -0.4 is 16.2 Å². The number of nitrogens with two attached hydrogens (primary N) is 1. The third-order valence-corrected chi connectivity index (χ3v) is 4.07. The first kappa shape index (κ1) is 18.8. The molecule has 3 aromatic rings. The van der Waals surface area contributed by atoms with Gasteiger partial charge in [0.1, 0.15) is 5.75 Å². The summed E-state index contributed by atoms with van der Waals surface area (Å²) in [4.78, 5) is 12.6. The van der Waals surface area contributed by atoms with E-state index < -0.39 is 17.8 Å². The van der Waals surface area contributed by atoms with Crippen LogP contribution in [0, 0.1) is 6.92 Å². The summed E-state index contributed by atoms with van der Waals surface area (Å²) < 4.78 is 42.8. The molecule has 0 radical (unpaired) electrons. The minimum absolute atomic E-state index is 0.0780. The van der Waals surface area contributed by atoms with Gasteiger partial charge >= 0.3 is 12.1 Å². The molecular formula is C16H14F3N5O2S. The summed E-state index contributed by atoms with van der Waals surface area (Å²) >= 11 is 4.11. The van der Waals surface area contributed by atoms with Crippen molar-refractivity contribution in [3.63, 3.8) is 0 Å². The van der Waals surface area contributed by atoms with Gasteiger partial charge in [0.15, 0.2) is 0 Å². The second-order valence-electron chi connectivity index (χ2n) is 5.72. The molecule has 0 saturated carbocycles. The first-order valence-electron chi connectivity index (χ1n) is 7.61. The zero-order valence-corrected chi connectivity index (χ0v) is 14.8. The molecule has 0 amide bonds. The highest BCUT2D eigenvalue weighted by Gasteiger charge is 2.31. The summed E-state index contributed by atoms with van der Waals surface area (Å²) in [5.74, 6) is -0.450. The Hall–Kier alpha value is -2.95. The number of tetrazole rings is 1. The molecule has 3 rings (SSSR count). The molecule has 2 N–H and O–H groups in total. The molecule has 1 heterocycles. The monoisotopic (exact) mass is 397 g/mol. The molecule has 0 unspecified atom stereocenters. The number of benzene rings is 2. The SMILES string of the molecule is Cc1cc(Cn2nnn(-c3ccc(OC(F)(F)F)cc3S)c2=O)ccc1N. The van der Waals surface area contributed by atoms with E-state index in [1.54, 1.807) is 12.1 Å². The molecule has 0 aliphatic heterocycles. The normalized spacial score (nSPS) is 11.6. The van der Waals surface area contributed by atoms with E-state index >= 15 is 0 Å². The Balaban J connectivity index is 1.89.